The first kappa shape index (κ1) is 12.4. The van der Waals surface area contributed by atoms with E-state index in [9.17, 15) is 0 Å². The van der Waals surface area contributed by atoms with E-state index in [1.807, 2.05) is 31.3 Å². The van der Waals surface area contributed by atoms with Gasteiger partial charge in [-0.25, -0.2) is 9.97 Å². The fourth-order valence-corrected chi connectivity index (χ4v) is 2.65. The Hall–Kier alpha value is -1.61. The maximum absolute atomic E-state index is 5.92. The number of aromatic nitrogens is 2. The van der Waals surface area contributed by atoms with Gasteiger partial charge in [-0.2, -0.15) is 0 Å². The third-order valence-corrected chi connectivity index (χ3v) is 3.77. The van der Waals surface area contributed by atoms with Crippen LogP contribution in [0.15, 0.2) is 24.3 Å². The lowest BCUT2D eigenvalue weighted by molar-refractivity contribution is 0.665. The van der Waals surface area contributed by atoms with Gasteiger partial charge in [0.2, 0.25) is 0 Å². The maximum Gasteiger partial charge on any atom is 0.161 e. The molecule has 1 N–H and O–H groups in total. The summed E-state index contributed by atoms with van der Waals surface area (Å²) in [6.07, 6.45) is 4.57. The van der Waals surface area contributed by atoms with E-state index in [-0.39, 0.29) is 0 Å². The summed E-state index contributed by atoms with van der Waals surface area (Å²) in [7, 11) is 1.92. The second kappa shape index (κ2) is 5.17. The summed E-state index contributed by atoms with van der Waals surface area (Å²) in [5.74, 6) is 1.75. The molecule has 0 unspecified atom stereocenters. The Morgan fingerprint density at radius 3 is 2.53 bits per heavy atom. The van der Waals surface area contributed by atoms with Gasteiger partial charge in [-0.05, 0) is 49.9 Å². The van der Waals surface area contributed by atoms with Crippen LogP contribution in [-0.4, -0.2) is 17.0 Å². The van der Waals surface area contributed by atoms with Gasteiger partial charge in [0.15, 0.2) is 5.82 Å². The molecule has 0 atom stereocenters. The van der Waals surface area contributed by atoms with Crippen molar-refractivity contribution in [3.63, 3.8) is 0 Å². The van der Waals surface area contributed by atoms with Crippen molar-refractivity contribution in [2.24, 2.45) is 0 Å². The summed E-state index contributed by atoms with van der Waals surface area (Å²) < 4.78 is 0. The highest BCUT2D eigenvalue weighted by molar-refractivity contribution is 6.30. The molecule has 0 saturated carbocycles. The van der Waals surface area contributed by atoms with Crippen LogP contribution in [0.4, 0.5) is 5.82 Å². The first-order chi connectivity index (χ1) is 9.28. The zero-order chi connectivity index (χ0) is 13.2. The lowest BCUT2D eigenvalue weighted by atomic mass is 9.96. The molecule has 4 heteroatoms. The number of fused-ring (bicyclic) bond motifs is 1. The SMILES string of the molecule is CNc1nc(-c2ccc(Cl)cc2)nc2c1CCCC2. The molecule has 1 aromatic heterocycles. The lowest BCUT2D eigenvalue weighted by Crippen LogP contribution is -2.11. The van der Waals surface area contributed by atoms with Crippen molar-refractivity contribution in [1.29, 1.82) is 0 Å². The van der Waals surface area contributed by atoms with Gasteiger partial charge in [0.25, 0.3) is 0 Å². The first-order valence-electron chi connectivity index (χ1n) is 6.61. The molecule has 2 aromatic rings. The number of aryl methyl sites for hydroxylation is 1. The summed E-state index contributed by atoms with van der Waals surface area (Å²) in [4.78, 5) is 9.37. The molecule has 0 fully saturated rings. The smallest absolute Gasteiger partial charge is 0.161 e. The quantitative estimate of drug-likeness (QED) is 0.906. The molecule has 0 spiro atoms. The highest BCUT2D eigenvalue weighted by Gasteiger charge is 2.17. The summed E-state index contributed by atoms with van der Waals surface area (Å²) in [5, 5.41) is 3.93. The molecule has 1 aromatic carbocycles. The predicted molar refractivity (Wildman–Crippen MR) is 78.7 cm³/mol. The van der Waals surface area contributed by atoms with Crippen molar-refractivity contribution in [2.45, 2.75) is 25.7 Å². The monoisotopic (exact) mass is 273 g/mol. The van der Waals surface area contributed by atoms with E-state index in [2.05, 4.69) is 10.3 Å². The molecule has 1 aliphatic carbocycles. The summed E-state index contributed by atoms with van der Waals surface area (Å²) in [6, 6.07) is 7.68. The van der Waals surface area contributed by atoms with Gasteiger partial charge in [0, 0.05) is 28.9 Å². The molecule has 1 heterocycles. The van der Waals surface area contributed by atoms with Gasteiger partial charge in [0.1, 0.15) is 5.82 Å². The van der Waals surface area contributed by atoms with Crippen LogP contribution >= 0.6 is 11.6 Å². The van der Waals surface area contributed by atoms with Crippen molar-refractivity contribution >= 4 is 17.4 Å². The molecule has 0 saturated heterocycles. The van der Waals surface area contributed by atoms with Gasteiger partial charge in [0.05, 0.1) is 0 Å². The zero-order valence-corrected chi connectivity index (χ0v) is 11.7. The molecule has 0 amide bonds. The Balaban J connectivity index is 2.09. The van der Waals surface area contributed by atoms with E-state index in [1.165, 1.54) is 24.1 Å². The summed E-state index contributed by atoms with van der Waals surface area (Å²) in [6.45, 7) is 0. The number of anilines is 1. The van der Waals surface area contributed by atoms with E-state index in [1.54, 1.807) is 0 Å². The Morgan fingerprint density at radius 1 is 1.05 bits per heavy atom. The second-order valence-electron chi connectivity index (χ2n) is 4.79. The van der Waals surface area contributed by atoms with Gasteiger partial charge < -0.3 is 5.32 Å². The Bertz CT molecular complexity index is 576. The highest BCUT2D eigenvalue weighted by atomic mass is 35.5. The number of halogens is 1. The molecule has 1 aliphatic rings. The third-order valence-electron chi connectivity index (χ3n) is 3.52. The largest absolute Gasteiger partial charge is 0.373 e. The molecule has 0 radical (unpaired) electrons. The van der Waals surface area contributed by atoms with Gasteiger partial charge in [-0.3, -0.25) is 0 Å². The summed E-state index contributed by atoms with van der Waals surface area (Å²) >= 11 is 5.92. The van der Waals surface area contributed by atoms with Crippen molar-refractivity contribution in [2.75, 3.05) is 12.4 Å². The van der Waals surface area contributed by atoms with E-state index in [0.717, 1.165) is 35.1 Å². The van der Waals surface area contributed by atoms with Crippen LogP contribution < -0.4 is 5.32 Å². The number of nitrogens with zero attached hydrogens (tertiary/aromatic N) is 2. The lowest BCUT2D eigenvalue weighted by Gasteiger charge is -2.18. The van der Waals surface area contributed by atoms with Crippen LogP contribution in [0.5, 0.6) is 0 Å². The van der Waals surface area contributed by atoms with Crippen LogP contribution in [0.1, 0.15) is 24.1 Å². The average molecular weight is 274 g/mol. The van der Waals surface area contributed by atoms with Crippen molar-refractivity contribution < 1.29 is 0 Å². The molecule has 98 valence electrons. The van der Waals surface area contributed by atoms with Crippen LogP contribution in [0.25, 0.3) is 11.4 Å². The number of hydrogen-bond donors (Lipinski definition) is 1. The topological polar surface area (TPSA) is 37.8 Å². The third kappa shape index (κ3) is 2.43. The molecular weight excluding hydrogens is 258 g/mol. The standard InChI is InChI=1S/C15H16ClN3/c1-17-15-12-4-2-3-5-13(12)18-14(19-15)10-6-8-11(16)9-7-10/h6-9H,2-5H2,1H3,(H,17,18,19). The van der Waals surface area contributed by atoms with Crippen molar-refractivity contribution in [1.82, 2.24) is 9.97 Å². The van der Waals surface area contributed by atoms with E-state index in [4.69, 9.17) is 16.6 Å². The first-order valence-corrected chi connectivity index (χ1v) is 6.99. The number of benzene rings is 1. The van der Waals surface area contributed by atoms with Crippen LogP contribution in [0.2, 0.25) is 5.02 Å². The fourth-order valence-electron chi connectivity index (χ4n) is 2.53. The Labute approximate surface area is 118 Å². The van der Waals surface area contributed by atoms with E-state index < -0.39 is 0 Å². The van der Waals surface area contributed by atoms with E-state index in [0.29, 0.717) is 0 Å². The van der Waals surface area contributed by atoms with Crippen molar-refractivity contribution in [3.05, 3.63) is 40.5 Å². The minimum absolute atomic E-state index is 0.732. The number of nitrogens with one attached hydrogen (secondary N) is 1. The number of rotatable bonds is 2. The molecule has 3 nitrogen and oxygen atoms in total. The van der Waals surface area contributed by atoms with Crippen LogP contribution in [-0.2, 0) is 12.8 Å². The average Bonchev–Trinajstić information content (AvgIpc) is 2.47. The molecule has 0 aliphatic heterocycles. The van der Waals surface area contributed by atoms with Gasteiger partial charge in [-0.1, -0.05) is 11.6 Å². The van der Waals surface area contributed by atoms with Gasteiger partial charge in [-0.15, -0.1) is 0 Å². The van der Waals surface area contributed by atoms with E-state index >= 15 is 0 Å². The highest BCUT2D eigenvalue weighted by Crippen LogP contribution is 2.28. The molecular formula is C15H16ClN3. The van der Waals surface area contributed by atoms with Crippen LogP contribution in [0.3, 0.4) is 0 Å². The second-order valence-corrected chi connectivity index (χ2v) is 5.22. The zero-order valence-electron chi connectivity index (χ0n) is 10.9. The Morgan fingerprint density at radius 2 is 1.79 bits per heavy atom. The molecule has 19 heavy (non-hydrogen) atoms. The molecule has 0 bridgehead atoms. The normalized spacial score (nSPS) is 14.0. The predicted octanol–water partition coefficient (Wildman–Crippen LogP) is 3.72. The fraction of sp³-hybridized carbons (Fsp3) is 0.333. The van der Waals surface area contributed by atoms with Crippen LogP contribution in [0, 0.1) is 0 Å². The minimum Gasteiger partial charge on any atom is -0.373 e. The maximum atomic E-state index is 5.92. The summed E-state index contributed by atoms with van der Waals surface area (Å²) in [5.41, 5.74) is 3.48. The Kier molecular flexibility index (Phi) is 3.38. The van der Waals surface area contributed by atoms with Crippen molar-refractivity contribution in [3.8, 4) is 11.4 Å². The number of hydrogen-bond acceptors (Lipinski definition) is 3. The molecule has 3 rings (SSSR count). The minimum atomic E-state index is 0.732. The van der Waals surface area contributed by atoms with Gasteiger partial charge >= 0.3 is 0 Å².